The maximum Gasteiger partial charge on any atom is 0.118 e. The van der Waals surface area contributed by atoms with E-state index >= 15 is 0 Å². The summed E-state index contributed by atoms with van der Waals surface area (Å²) in [6.07, 6.45) is 2.27. The van der Waals surface area contributed by atoms with Gasteiger partial charge in [-0.3, -0.25) is 4.90 Å². The first kappa shape index (κ1) is 29.4. The number of hydrogen-bond acceptors (Lipinski definition) is 6. The van der Waals surface area contributed by atoms with Gasteiger partial charge in [-0.15, -0.1) is 0 Å². The van der Waals surface area contributed by atoms with E-state index in [-0.39, 0.29) is 13.2 Å². The first-order valence-electron chi connectivity index (χ1n) is 13.7. The van der Waals surface area contributed by atoms with Crippen LogP contribution in [0.1, 0.15) is 30.0 Å². The minimum absolute atomic E-state index is 0.0204. The number of aliphatic hydroxyl groups excluding tert-OH is 3. The quantitative estimate of drug-likeness (QED) is 0.214. The Balaban J connectivity index is 1.83. The van der Waals surface area contributed by atoms with E-state index in [0.717, 1.165) is 51.1 Å². The first-order valence-corrected chi connectivity index (χ1v) is 13.7. The van der Waals surface area contributed by atoms with Gasteiger partial charge in [-0.05, 0) is 59.0 Å². The largest absolute Gasteiger partial charge is 0.497 e. The minimum atomic E-state index is -0.668. The summed E-state index contributed by atoms with van der Waals surface area (Å²) < 4.78 is 13.0. The molecule has 0 saturated carbocycles. The molecule has 1 atom stereocenters. The molecule has 40 heavy (non-hydrogen) atoms. The Hall–Kier alpha value is -3.62. The molecule has 7 nitrogen and oxygen atoms in total. The van der Waals surface area contributed by atoms with E-state index in [1.807, 2.05) is 41.3 Å². The van der Waals surface area contributed by atoms with Gasteiger partial charge in [0.15, 0.2) is 0 Å². The summed E-state index contributed by atoms with van der Waals surface area (Å²) in [4.78, 5) is 1.88. The number of benzene rings is 3. The highest BCUT2D eigenvalue weighted by atomic mass is 16.5. The smallest absolute Gasteiger partial charge is 0.118 e. The Morgan fingerprint density at radius 2 is 1.38 bits per heavy atom. The van der Waals surface area contributed by atoms with Gasteiger partial charge in [0, 0.05) is 48.8 Å². The zero-order chi connectivity index (χ0) is 28.5. The molecule has 0 unspecified atom stereocenters. The van der Waals surface area contributed by atoms with Crippen molar-refractivity contribution in [2.75, 3.05) is 47.1 Å². The van der Waals surface area contributed by atoms with Crippen molar-refractivity contribution >= 4 is 22.0 Å². The van der Waals surface area contributed by atoms with Crippen LogP contribution in [0.5, 0.6) is 11.5 Å². The number of methoxy groups -OCH3 is 2. The lowest BCUT2D eigenvalue weighted by Crippen LogP contribution is -2.38. The van der Waals surface area contributed by atoms with Crippen LogP contribution in [0.3, 0.4) is 0 Å². The minimum Gasteiger partial charge on any atom is -0.497 e. The van der Waals surface area contributed by atoms with Gasteiger partial charge in [-0.2, -0.15) is 0 Å². The van der Waals surface area contributed by atoms with Gasteiger partial charge in [0.2, 0.25) is 0 Å². The number of ether oxygens (including phenoxy) is 2. The van der Waals surface area contributed by atoms with Crippen LogP contribution in [-0.2, 0) is 6.54 Å². The van der Waals surface area contributed by atoms with Crippen molar-refractivity contribution in [2.45, 2.75) is 26.0 Å². The molecule has 4 aromatic rings. The molecule has 3 aromatic carbocycles. The third kappa shape index (κ3) is 6.74. The van der Waals surface area contributed by atoms with E-state index in [2.05, 4.69) is 54.1 Å². The zero-order valence-corrected chi connectivity index (χ0v) is 23.6. The second-order valence-corrected chi connectivity index (χ2v) is 9.78. The van der Waals surface area contributed by atoms with E-state index in [9.17, 15) is 15.3 Å². The van der Waals surface area contributed by atoms with Crippen molar-refractivity contribution in [3.05, 3.63) is 95.7 Å². The fraction of sp³-hybridized carbons (Fsp3) is 0.333. The van der Waals surface area contributed by atoms with Gasteiger partial charge >= 0.3 is 0 Å². The number of para-hydroxylation sites is 1. The van der Waals surface area contributed by atoms with Crippen LogP contribution in [0.15, 0.2) is 79.0 Å². The summed E-state index contributed by atoms with van der Waals surface area (Å²) in [5.41, 5.74) is 6.67. The number of allylic oxidation sites excluding steroid dienone is 1. The SMILES string of the molecule is CCC(=C(c1ccc(OC)cc1)c1ccc(OC)cc1)c1cn(C[C@@H](O)CN(CCO)CCO)c2ccccc12. The summed E-state index contributed by atoms with van der Waals surface area (Å²) in [6, 6.07) is 24.6. The van der Waals surface area contributed by atoms with Crippen molar-refractivity contribution in [1.29, 1.82) is 0 Å². The van der Waals surface area contributed by atoms with Crippen LogP contribution in [-0.4, -0.2) is 78.0 Å². The van der Waals surface area contributed by atoms with E-state index in [0.29, 0.717) is 26.2 Å². The van der Waals surface area contributed by atoms with Crippen LogP contribution in [0.4, 0.5) is 0 Å². The fourth-order valence-corrected chi connectivity index (χ4v) is 5.33. The molecule has 1 heterocycles. The third-order valence-electron chi connectivity index (χ3n) is 7.24. The first-order chi connectivity index (χ1) is 19.5. The summed E-state index contributed by atoms with van der Waals surface area (Å²) >= 11 is 0. The van der Waals surface area contributed by atoms with Gasteiger partial charge in [-0.25, -0.2) is 0 Å². The highest BCUT2D eigenvalue weighted by molar-refractivity contribution is 6.05. The molecule has 0 aliphatic rings. The monoisotopic (exact) mass is 544 g/mol. The molecule has 0 radical (unpaired) electrons. The molecule has 0 aliphatic heterocycles. The number of fused-ring (bicyclic) bond motifs is 1. The lowest BCUT2D eigenvalue weighted by Gasteiger charge is -2.23. The maximum absolute atomic E-state index is 11.0. The predicted octanol–water partition coefficient (Wildman–Crippen LogP) is 4.68. The Morgan fingerprint density at radius 3 is 1.88 bits per heavy atom. The van der Waals surface area contributed by atoms with Crippen LogP contribution < -0.4 is 9.47 Å². The van der Waals surface area contributed by atoms with Crippen molar-refractivity contribution in [2.24, 2.45) is 0 Å². The standard InChI is InChI=1S/C33H40N2O5/c1-4-29(33(24-9-13-27(39-2)14-10-24)25-11-15-28(40-3)16-12-25)31-23-35(32-8-6-5-7-30(31)32)22-26(38)21-34(17-19-36)18-20-37/h5-16,23,26,36-38H,4,17-22H2,1-3H3/t26-/m0/s1. The summed E-state index contributed by atoms with van der Waals surface area (Å²) in [5.74, 6) is 1.61. The number of aromatic nitrogens is 1. The molecule has 0 saturated heterocycles. The van der Waals surface area contributed by atoms with Gasteiger partial charge < -0.3 is 29.4 Å². The number of hydrogen-bond donors (Lipinski definition) is 3. The van der Waals surface area contributed by atoms with E-state index in [4.69, 9.17) is 9.47 Å². The zero-order valence-electron chi connectivity index (χ0n) is 23.6. The van der Waals surface area contributed by atoms with E-state index < -0.39 is 6.10 Å². The van der Waals surface area contributed by atoms with Crippen LogP contribution in [0, 0.1) is 0 Å². The predicted molar refractivity (Wildman–Crippen MR) is 161 cm³/mol. The van der Waals surface area contributed by atoms with Crippen LogP contribution >= 0.6 is 0 Å². The third-order valence-corrected chi connectivity index (χ3v) is 7.24. The summed E-state index contributed by atoms with van der Waals surface area (Å²) in [6.45, 7) is 3.70. The molecule has 0 bridgehead atoms. The Bertz CT molecular complexity index is 1340. The second kappa shape index (κ2) is 14.1. The Morgan fingerprint density at radius 1 is 0.825 bits per heavy atom. The molecule has 4 rings (SSSR count). The normalized spacial score (nSPS) is 12.1. The molecule has 0 amide bonds. The van der Waals surface area contributed by atoms with E-state index in [1.54, 1.807) is 14.2 Å². The summed E-state index contributed by atoms with van der Waals surface area (Å²) in [5, 5.41) is 30.8. The number of aliphatic hydroxyl groups is 3. The molecule has 212 valence electrons. The molecule has 0 aliphatic carbocycles. The molecule has 3 N–H and O–H groups in total. The van der Waals surface area contributed by atoms with Crippen LogP contribution in [0.2, 0.25) is 0 Å². The maximum atomic E-state index is 11.0. The van der Waals surface area contributed by atoms with Gasteiger partial charge in [-0.1, -0.05) is 49.4 Å². The van der Waals surface area contributed by atoms with Crippen LogP contribution in [0.25, 0.3) is 22.0 Å². The van der Waals surface area contributed by atoms with Crippen molar-refractivity contribution in [1.82, 2.24) is 9.47 Å². The number of nitrogens with zero attached hydrogens (tertiary/aromatic N) is 2. The van der Waals surface area contributed by atoms with Gasteiger partial charge in [0.25, 0.3) is 0 Å². The van der Waals surface area contributed by atoms with Gasteiger partial charge in [0.1, 0.15) is 11.5 Å². The molecule has 0 fully saturated rings. The lowest BCUT2D eigenvalue weighted by molar-refractivity contribution is 0.0781. The number of rotatable bonds is 14. The average molecular weight is 545 g/mol. The van der Waals surface area contributed by atoms with Crippen molar-refractivity contribution in [3.63, 3.8) is 0 Å². The highest BCUT2D eigenvalue weighted by Crippen LogP contribution is 2.39. The molecular formula is C33H40N2O5. The molecule has 0 spiro atoms. The highest BCUT2D eigenvalue weighted by Gasteiger charge is 2.20. The van der Waals surface area contributed by atoms with E-state index in [1.165, 1.54) is 5.57 Å². The fourth-order valence-electron chi connectivity index (χ4n) is 5.33. The topological polar surface area (TPSA) is 87.3 Å². The molecule has 1 aromatic heterocycles. The lowest BCUT2D eigenvalue weighted by atomic mass is 9.88. The van der Waals surface area contributed by atoms with Crippen molar-refractivity contribution < 1.29 is 24.8 Å². The average Bonchev–Trinajstić information content (AvgIpc) is 3.34. The molecule has 7 heteroatoms. The second-order valence-electron chi connectivity index (χ2n) is 9.78. The Labute approximate surface area is 236 Å². The van der Waals surface area contributed by atoms with Gasteiger partial charge in [0.05, 0.1) is 33.5 Å². The summed E-state index contributed by atoms with van der Waals surface area (Å²) in [7, 11) is 3.34. The van der Waals surface area contributed by atoms with Crippen molar-refractivity contribution in [3.8, 4) is 11.5 Å². The molecular weight excluding hydrogens is 504 g/mol. The Kier molecular flexibility index (Phi) is 10.4.